The number of nitrogens with one attached hydrogen (secondary N) is 2. The number of aryl methyl sites for hydroxylation is 1. The summed E-state index contributed by atoms with van der Waals surface area (Å²) in [6.07, 6.45) is 4.67. The van der Waals surface area contributed by atoms with Crippen molar-refractivity contribution in [2.24, 2.45) is 0 Å². The van der Waals surface area contributed by atoms with E-state index < -0.39 is 5.97 Å². The van der Waals surface area contributed by atoms with Gasteiger partial charge >= 0.3 is 5.97 Å². The van der Waals surface area contributed by atoms with Gasteiger partial charge in [0.1, 0.15) is 11.3 Å². The Morgan fingerprint density at radius 2 is 1.98 bits per heavy atom. The lowest BCUT2D eigenvalue weighted by molar-refractivity contribution is -0.111. The number of esters is 1. The summed E-state index contributed by atoms with van der Waals surface area (Å²) >= 11 is 0. The topological polar surface area (TPSA) is 125 Å². The van der Waals surface area contributed by atoms with Gasteiger partial charge < -0.3 is 34.8 Å². The Kier molecular flexibility index (Phi) is 9.71. The third-order valence-corrected chi connectivity index (χ3v) is 8.66. The molecule has 1 saturated heterocycles. The maximum atomic E-state index is 13.3. The number of likely N-dealkylation sites (tertiary alicyclic amines) is 1. The van der Waals surface area contributed by atoms with Crippen LogP contribution in [0.3, 0.4) is 0 Å². The van der Waals surface area contributed by atoms with Gasteiger partial charge in [0.15, 0.2) is 5.82 Å². The van der Waals surface area contributed by atoms with Crippen LogP contribution in [0, 0.1) is 6.92 Å². The molecular weight excluding hydrogens is 596 g/mol. The fourth-order valence-electron chi connectivity index (χ4n) is 6.25. The molecule has 0 radical (unpaired) electrons. The molecule has 2 aliphatic rings. The number of aromatic nitrogens is 3. The van der Waals surface area contributed by atoms with Crippen LogP contribution < -0.4 is 25.2 Å². The number of rotatable bonds is 11. The van der Waals surface area contributed by atoms with Crippen molar-refractivity contribution in [1.29, 1.82) is 0 Å². The molecule has 12 heteroatoms. The highest BCUT2D eigenvalue weighted by molar-refractivity contribution is 6.02. The zero-order valence-corrected chi connectivity index (χ0v) is 28.7. The summed E-state index contributed by atoms with van der Waals surface area (Å²) in [5, 5.41) is 6.23. The van der Waals surface area contributed by atoms with Crippen LogP contribution in [0.1, 0.15) is 62.3 Å². The van der Waals surface area contributed by atoms with Crippen molar-refractivity contribution in [3.63, 3.8) is 0 Å². The number of carbonyl (C=O) groups excluding carboxylic acids is 2. The van der Waals surface area contributed by atoms with Crippen LogP contribution in [0.5, 0.6) is 5.75 Å². The Bertz CT molecular complexity index is 1670. The molecule has 2 aromatic heterocycles. The number of hydrogen-bond acceptors (Lipinski definition) is 11. The Balaban J connectivity index is 1.56. The van der Waals surface area contributed by atoms with E-state index in [4.69, 9.17) is 19.4 Å². The van der Waals surface area contributed by atoms with Gasteiger partial charge in [-0.3, -0.25) is 9.78 Å². The zero-order chi connectivity index (χ0) is 34.0. The van der Waals surface area contributed by atoms with Crippen LogP contribution >= 0.6 is 0 Å². The van der Waals surface area contributed by atoms with E-state index in [1.54, 1.807) is 27.0 Å². The van der Waals surface area contributed by atoms with Crippen molar-refractivity contribution in [3.8, 4) is 5.75 Å². The average molecular weight is 643 g/mol. The number of anilines is 6. The minimum atomic E-state index is -0.514. The quantitative estimate of drug-likeness (QED) is 0.201. The lowest BCUT2D eigenvalue weighted by Crippen LogP contribution is -2.37. The average Bonchev–Trinajstić information content (AvgIpc) is 3.54. The Morgan fingerprint density at radius 1 is 1.21 bits per heavy atom. The van der Waals surface area contributed by atoms with Gasteiger partial charge in [-0.25, -0.2) is 9.78 Å². The number of likely N-dealkylation sites (N-methyl/N-ethyl adjacent to an activating group) is 2. The van der Waals surface area contributed by atoms with Crippen LogP contribution in [-0.2, 0) is 14.9 Å². The maximum Gasteiger partial charge on any atom is 0.343 e. The summed E-state index contributed by atoms with van der Waals surface area (Å²) in [6, 6.07) is 8.05. The van der Waals surface area contributed by atoms with Crippen LogP contribution in [-0.4, -0.2) is 84.7 Å². The number of carbonyl (C=O) groups is 2. The molecule has 1 fully saturated rings. The van der Waals surface area contributed by atoms with Crippen molar-refractivity contribution in [1.82, 2.24) is 19.9 Å². The fraction of sp³-hybridized carbons (Fsp3) is 0.457. The summed E-state index contributed by atoms with van der Waals surface area (Å²) in [4.78, 5) is 46.6. The van der Waals surface area contributed by atoms with E-state index in [2.05, 4.69) is 52.9 Å². The van der Waals surface area contributed by atoms with E-state index in [0.717, 1.165) is 48.7 Å². The van der Waals surface area contributed by atoms with Crippen molar-refractivity contribution in [2.75, 3.05) is 61.3 Å². The molecule has 1 aromatic carbocycles. The maximum absolute atomic E-state index is 13.3. The highest BCUT2D eigenvalue weighted by atomic mass is 16.5. The lowest BCUT2D eigenvalue weighted by atomic mass is 9.91. The third-order valence-electron chi connectivity index (χ3n) is 8.66. The van der Waals surface area contributed by atoms with E-state index in [0.29, 0.717) is 35.5 Å². The molecule has 2 aliphatic heterocycles. The van der Waals surface area contributed by atoms with E-state index >= 15 is 0 Å². The molecule has 0 bridgehead atoms. The molecule has 250 valence electrons. The molecule has 1 atom stereocenters. The highest BCUT2D eigenvalue weighted by Gasteiger charge is 2.40. The van der Waals surface area contributed by atoms with Crippen molar-refractivity contribution >= 4 is 46.4 Å². The van der Waals surface area contributed by atoms with Gasteiger partial charge in [0.05, 0.1) is 41.7 Å². The molecule has 2 N–H and O–H groups in total. The van der Waals surface area contributed by atoms with Gasteiger partial charge in [0, 0.05) is 49.6 Å². The molecule has 1 amide bonds. The number of pyridine rings is 1. The first kappa shape index (κ1) is 33.6. The normalized spacial score (nSPS) is 17.0. The number of methoxy groups -OCH3 is 1. The van der Waals surface area contributed by atoms with E-state index in [9.17, 15) is 9.59 Å². The Morgan fingerprint density at radius 3 is 2.64 bits per heavy atom. The Hall–Kier alpha value is -4.71. The number of benzene rings is 1. The second-order valence-corrected chi connectivity index (χ2v) is 13.2. The summed E-state index contributed by atoms with van der Waals surface area (Å²) in [7, 11) is 5.74. The second-order valence-electron chi connectivity index (χ2n) is 13.2. The molecule has 4 heterocycles. The van der Waals surface area contributed by atoms with Gasteiger partial charge in [-0.1, -0.05) is 20.4 Å². The first-order valence-corrected chi connectivity index (χ1v) is 16.0. The highest BCUT2D eigenvalue weighted by Crippen LogP contribution is 2.44. The SMILES string of the molecule is C=CC(=O)Nc1cc(Nc2ncc(C(=O)OC(C)C)c(N3CC(C)(C)c4nc(C)ccc43)n2)c(OC)cc1N(C)C[C@H]1CCCN1C. The van der Waals surface area contributed by atoms with Crippen LogP contribution in [0.4, 0.5) is 34.5 Å². The number of amides is 1. The molecule has 12 nitrogen and oxygen atoms in total. The molecule has 0 saturated carbocycles. The minimum Gasteiger partial charge on any atom is -0.494 e. The first-order valence-electron chi connectivity index (χ1n) is 16.0. The van der Waals surface area contributed by atoms with Crippen molar-refractivity contribution < 1.29 is 19.1 Å². The minimum absolute atomic E-state index is 0.236. The fourth-order valence-corrected chi connectivity index (χ4v) is 6.25. The standard InChI is InChI=1S/C35H46N8O4/c1-10-30(44)38-25-16-26(29(46-9)17-28(25)42(8)19-23-12-11-15-41(23)7)39-34-36-18-24(33(45)47-21(2)3)32(40-34)43-20-35(5,6)31-27(43)14-13-22(4)37-31/h10,13-14,16-18,21,23H,1,11-12,15,19-20H2,2-9H3,(H,38,44)(H,36,39,40)/t23-/m1/s1. The summed E-state index contributed by atoms with van der Waals surface area (Å²) in [6.45, 7) is 15.8. The third kappa shape index (κ3) is 7.17. The van der Waals surface area contributed by atoms with Crippen LogP contribution in [0.15, 0.2) is 43.1 Å². The Labute approximate surface area is 277 Å². The summed E-state index contributed by atoms with van der Waals surface area (Å²) in [5.74, 6) is 0.325. The van der Waals surface area contributed by atoms with Gasteiger partial charge in [0.25, 0.3) is 0 Å². The van der Waals surface area contributed by atoms with Crippen LogP contribution in [0.25, 0.3) is 0 Å². The monoisotopic (exact) mass is 642 g/mol. The lowest BCUT2D eigenvalue weighted by Gasteiger charge is -2.29. The van der Waals surface area contributed by atoms with Gasteiger partial charge in [-0.15, -0.1) is 0 Å². The molecular formula is C35H46N8O4. The molecule has 0 spiro atoms. The smallest absolute Gasteiger partial charge is 0.343 e. The summed E-state index contributed by atoms with van der Waals surface area (Å²) < 4.78 is 11.4. The van der Waals surface area contributed by atoms with E-state index in [-0.39, 0.29) is 28.9 Å². The molecule has 3 aromatic rings. The predicted molar refractivity (Wildman–Crippen MR) is 186 cm³/mol. The summed E-state index contributed by atoms with van der Waals surface area (Å²) in [5.41, 5.74) is 4.58. The van der Waals surface area contributed by atoms with Gasteiger partial charge in [-0.2, -0.15) is 4.98 Å². The predicted octanol–water partition coefficient (Wildman–Crippen LogP) is 5.58. The van der Waals surface area contributed by atoms with Crippen molar-refractivity contribution in [2.45, 2.75) is 65.0 Å². The first-order chi connectivity index (χ1) is 22.3. The van der Waals surface area contributed by atoms with Gasteiger partial charge in [-0.05, 0) is 71.5 Å². The second kappa shape index (κ2) is 13.6. The number of fused-ring (bicyclic) bond motifs is 1. The zero-order valence-electron chi connectivity index (χ0n) is 28.7. The number of ether oxygens (including phenoxy) is 2. The molecule has 5 rings (SSSR count). The largest absolute Gasteiger partial charge is 0.494 e. The molecule has 0 aliphatic carbocycles. The number of nitrogens with zero attached hydrogens (tertiary/aromatic N) is 6. The van der Waals surface area contributed by atoms with Crippen molar-refractivity contribution in [3.05, 3.63) is 60.1 Å². The van der Waals surface area contributed by atoms with Gasteiger partial charge in [0.2, 0.25) is 11.9 Å². The van der Waals surface area contributed by atoms with E-state index in [1.807, 2.05) is 37.1 Å². The number of hydrogen-bond donors (Lipinski definition) is 2. The van der Waals surface area contributed by atoms with E-state index in [1.165, 1.54) is 12.3 Å². The molecule has 47 heavy (non-hydrogen) atoms. The molecule has 0 unspecified atom stereocenters. The van der Waals surface area contributed by atoms with Crippen LogP contribution in [0.2, 0.25) is 0 Å².